The third-order valence-corrected chi connectivity index (χ3v) is 18.8. The maximum Gasteiger partial charge on any atom is 0.410 e. The van der Waals surface area contributed by atoms with Crippen LogP contribution in [0.2, 0.25) is 0 Å². The second-order valence-corrected chi connectivity index (χ2v) is 27.0. The van der Waals surface area contributed by atoms with Gasteiger partial charge in [0.2, 0.25) is 29.5 Å². The highest BCUT2D eigenvalue weighted by Gasteiger charge is 2.44. The molecule has 23 nitrogen and oxygen atoms in total. The molecule has 0 aromatic heterocycles. The molecule has 3 aromatic rings. The van der Waals surface area contributed by atoms with Crippen molar-refractivity contribution in [2.45, 2.75) is 195 Å². The number of carbonyl (C=O) groups is 10. The van der Waals surface area contributed by atoms with Crippen molar-refractivity contribution in [2.75, 3.05) is 46.7 Å². The Morgan fingerprint density at radius 1 is 0.742 bits per heavy atom. The number of hydrogen-bond acceptors (Lipinski definition) is 16. The van der Waals surface area contributed by atoms with Crippen LogP contribution in [-0.2, 0) is 64.0 Å². The number of carbonyl (C=O) groups excluding carboxylic acids is 10. The van der Waals surface area contributed by atoms with Crippen LogP contribution < -0.4 is 20.7 Å². The van der Waals surface area contributed by atoms with Crippen molar-refractivity contribution in [3.63, 3.8) is 0 Å². The first-order valence-electron chi connectivity index (χ1n) is 34.0. The summed E-state index contributed by atoms with van der Waals surface area (Å²) in [7, 11) is 6.21. The minimum Gasteiger partial charge on any atom is -0.451 e. The summed E-state index contributed by atoms with van der Waals surface area (Å²) in [6, 6.07) is 20.4. The summed E-state index contributed by atoms with van der Waals surface area (Å²) in [5, 5.41) is 28.6. The fourth-order valence-electron chi connectivity index (χ4n) is 12.8. The Labute approximate surface area is 572 Å². The molecule has 4 N–H and O–H groups in total. The fourth-order valence-corrected chi connectivity index (χ4v) is 12.8. The van der Waals surface area contributed by atoms with Crippen LogP contribution in [0.1, 0.15) is 163 Å². The van der Waals surface area contributed by atoms with Crippen molar-refractivity contribution < 1.29 is 72.0 Å². The summed E-state index contributed by atoms with van der Waals surface area (Å²) in [6.45, 7) is 20.5. The minimum atomic E-state index is -0.952. The van der Waals surface area contributed by atoms with Gasteiger partial charge in [-0.25, -0.2) is 4.79 Å². The molecule has 3 aromatic carbocycles. The number of benzene rings is 3. The highest BCUT2D eigenvalue weighted by atomic mass is 16.6. The predicted molar refractivity (Wildman–Crippen MR) is 365 cm³/mol. The Balaban J connectivity index is 1.09. The summed E-state index contributed by atoms with van der Waals surface area (Å²) in [6.07, 6.45) is 1.09. The van der Waals surface area contributed by atoms with E-state index in [1.54, 1.807) is 87.9 Å². The molecule has 2 heterocycles. The van der Waals surface area contributed by atoms with E-state index in [2.05, 4.69) is 16.0 Å². The summed E-state index contributed by atoms with van der Waals surface area (Å²) in [4.78, 5) is 142. The number of aliphatic hydroxyl groups excluding tert-OH is 1. The van der Waals surface area contributed by atoms with Crippen molar-refractivity contribution in [1.29, 1.82) is 5.26 Å². The molecule has 8 amide bonds. The summed E-state index contributed by atoms with van der Waals surface area (Å²) >= 11 is 0. The number of hydrogen-bond donors (Lipinski definition) is 4. The van der Waals surface area contributed by atoms with Gasteiger partial charge >= 0.3 is 6.09 Å². The first kappa shape index (κ1) is 79.4. The number of nitrogens with zero attached hydrogens (tertiary/aromatic N) is 5. The SMILES string of the molecule is CC[C@H](C)[C@@H]([C@@H](CC(=O)N1CCCC1C(OC)[C@@H](C)C(=O)N[C@H](C)[C@@H](O)c1ccccc1)OC)N(C)C(=O)[C@@H](CC(=O)[C@H](C(C)C)N(C)C(=O)OCc1ccc(NC(=O)C(C)CC(=O)[C@@H](NC(=O)CCCCCN2C(=O)C=C(Oc3ccc(C#N)cc3)C2=O)C(C)C)cc1)C(C)C. The zero-order chi connectivity index (χ0) is 72.0. The van der Waals surface area contributed by atoms with Crippen molar-refractivity contribution >= 4 is 64.7 Å². The number of rotatable bonds is 38. The smallest absolute Gasteiger partial charge is 0.410 e. The van der Waals surface area contributed by atoms with E-state index in [4.69, 9.17) is 24.2 Å². The number of likely N-dealkylation sites (N-methyl/N-ethyl adjacent to an activating group) is 2. The molecule has 1 fully saturated rings. The lowest BCUT2D eigenvalue weighted by Crippen LogP contribution is -2.55. The van der Waals surface area contributed by atoms with Crippen LogP contribution in [0.3, 0.4) is 0 Å². The normalized spacial score (nSPS) is 17.3. The molecule has 3 unspecified atom stereocenters. The number of ether oxygens (including phenoxy) is 4. The third kappa shape index (κ3) is 22.1. The van der Waals surface area contributed by atoms with Gasteiger partial charge in [0.1, 0.15) is 12.4 Å². The molecule has 97 heavy (non-hydrogen) atoms. The molecule has 5 rings (SSSR count). The van der Waals surface area contributed by atoms with Crippen LogP contribution in [0.5, 0.6) is 5.75 Å². The number of likely N-dealkylation sites (tertiary alicyclic amines) is 1. The number of nitriles is 1. The second-order valence-electron chi connectivity index (χ2n) is 27.0. The van der Waals surface area contributed by atoms with E-state index in [0.717, 1.165) is 11.0 Å². The van der Waals surface area contributed by atoms with Gasteiger partial charge in [0.15, 0.2) is 17.3 Å². The molecule has 0 saturated carbocycles. The van der Waals surface area contributed by atoms with E-state index in [1.807, 2.05) is 65.8 Å². The molecule has 2 aliphatic heterocycles. The van der Waals surface area contributed by atoms with Crippen molar-refractivity contribution in [3.05, 3.63) is 107 Å². The van der Waals surface area contributed by atoms with Gasteiger partial charge in [-0.05, 0) is 104 Å². The van der Waals surface area contributed by atoms with Gasteiger partial charge in [0.05, 0.1) is 78.6 Å². The second kappa shape index (κ2) is 38.0. The molecule has 0 aliphatic carbocycles. The molecular weight excluding hydrogens is 1240 g/mol. The van der Waals surface area contributed by atoms with Crippen molar-refractivity contribution in [1.82, 2.24) is 30.2 Å². The highest BCUT2D eigenvalue weighted by Crippen LogP contribution is 2.32. The van der Waals surface area contributed by atoms with Crippen molar-refractivity contribution in [3.8, 4) is 11.8 Å². The summed E-state index contributed by atoms with van der Waals surface area (Å²) in [5.41, 5.74) is 2.11. The van der Waals surface area contributed by atoms with Gasteiger partial charge in [-0.2, -0.15) is 5.26 Å². The molecular formula is C74H104N8O15. The first-order valence-corrected chi connectivity index (χ1v) is 34.0. The number of unbranched alkanes of at least 4 members (excludes halogenated alkanes) is 2. The largest absolute Gasteiger partial charge is 0.451 e. The van der Waals surface area contributed by atoms with E-state index >= 15 is 0 Å². The van der Waals surface area contributed by atoms with Gasteiger partial charge in [-0.15, -0.1) is 0 Å². The number of Topliss-reactive ketones (excluding diaryl/α,β-unsaturated/α-hetero) is 2. The van der Waals surface area contributed by atoms with Crippen LogP contribution in [0, 0.1) is 52.8 Å². The van der Waals surface area contributed by atoms with E-state index in [0.29, 0.717) is 73.2 Å². The zero-order valence-corrected chi connectivity index (χ0v) is 59.3. The molecule has 23 heteroatoms. The Hall–Kier alpha value is -8.33. The molecule has 0 bridgehead atoms. The standard InChI is InChI=1S/C74H104N8O15/c1-16-47(8)67(60(94-14)40-63(86)81-37-23-26-57(81)69(95-15)49(10)71(90)76-50(11)68(88)53-24-19-17-20-25-53)79(12)72(91)56(44(2)3)39-59(84)66(46(6)7)80(13)74(93)96-43-52-28-32-54(33-29-52)77-70(89)48(9)38-58(83)65(45(4)5)78-62(85)27-21-18-22-36-82-64(87)41-61(73(82)92)97-55-34-30-51(42-75)31-35-55/h17,19-20,24-25,28-35,41,44-50,56-57,60,65-69,88H,16,18,21-23,26-27,36-40,43H2,1-15H3,(H,76,90)(H,77,89)(H,78,85)/t47-,48?,49+,50+,56-,57?,60+,65-,66-,67-,68+,69?/m0/s1. The third-order valence-electron chi connectivity index (χ3n) is 18.8. The zero-order valence-electron chi connectivity index (χ0n) is 59.3. The number of ketones is 2. The Bertz CT molecular complexity index is 3240. The number of aliphatic hydroxyl groups is 1. The summed E-state index contributed by atoms with van der Waals surface area (Å²) in [5.74, 6) is -6.44. The monoisotopic (exact) mass is 1340 g/mol. The van der Waals surface area contributed by atoms with E-state index < -0.39 is 90.1 Å². The van der Waals surface area contributed by atoms with Crippen LogP contribution >= 0.6 is 0 Å². The lowest BCUT2D eigenvalue weighted by Gasteiger charge is -2.41. The maximum absolute atomic E-state index is 14.9. The number of amides is 8. The van der Waals surface area contributed by atoms with Gasteiger partial charge in [0.25, 0.3) is 11.8 Å². The minimum absolute atomic E-state index is 0.0637. The fraction of sp³-hybridized carbons (Fsp3) is 0.581. The number of nitrogens with one attached hydrogen (secondary N) is 3. The summed E-state index contributed by atoms with van der Waals surface area (Å²) < 4.78 is 23.4. The Kier molecular flexibility index (Phi) is 31.1. The van der Waals surface area contributed by atoms with Gasteiger partial charge in [-0.1, -0.05) is 125 Å². The van der Waals surface area contributed by atoms with E-state index in [-0.39, 0.29) is 103 Å². The number of imide groups is 1. The van der Waals surface area contributed by atoms with Gasteiger partial charge in [-0.3, -0.25) is 48.1 Å². The van der Waals surface area contributed by atoms with Crippen LogP contribution in [-0.4, -0.2) is 168 Å². The van der Waals surface area contributed by atoms with E-state index in [9.17, 15) is 53.1 Å². The van der Waals surface area contributed by atoms with Crippen LogP contribution in [0.4, 0.5) is 10.5 Å². The number of anilines is 1. The van der Waals surface area contributed by atoms with Gasteiger partial charge < -0.3 is 54.7 Å². The Morgan fingerprint density at radius 3 is 1.99 bits per heavy atom. The molecule has 530 valence electrons. The average molecular weight is 1350 g/mol. The predicted octanol–water partition coefficient (Wildman–Crippen LogP) is 9.11. The molecule has 0 radical (unpaired) electrons. The highest BCUT2D eigenvalue weighted by molar-refractivity contribution is 6.15. The average Bonchev–Trinajstić information content (AvgIpc) is 1.50. The first-order chi connectivity index (χ1) is 46.0. The van der Waals surface area contributed by atoms with Crippen molar-refractivity contribution in [2.24, 2.45) is 41.4 Å². The Morgan fingerprint density at radius 2 is 1.40 bits per heavy atom. The molecule has 0 spiro atoms. The molecule has 2 aliphatic rings. The van der Waals surface area contributed by atoms with E-state index in [1.165, 1.54) is 50.4 Å². The number of methoxy groups -OCH3 is 2. The lowest BCUT2D eigenvalue weighted by molar-refractivity contribution is -0.149. The topological polar surface area (TPSA) is 301 Å². The van der Waals surface area contributed by atoms with Crippen LogP contribution in [0.25, 0.3) is 0 Å². The van der Waals surface area contributed by atoms with Gasteiger partial charge in [0, 0.05) is 78.2 Å². The molecule has 12 atom stereocenters. The molecule has 1 saturated heterocycles. The maximum atomic E-state index is 14.9. The van der Waals surface area contributed by atoms with Crippen LogP contribution in [0.15, 0.2) is 90.7 Å². The quantitative estimate of drug-likeness (QED) is 0.0307. The lowest BCUT2D eigenvalue weighted by atomic mass is 9.83.